The predicted octanol–water partition coefficient (Wildman–Crippen LogP) is 4.24. The van der Waals surface area contributed by atoms with Crippen LogP contribution in [0.15, 0.2) is 89.7 Å². The average molecular weight is 451 g/mol. The second-order valence-corrected chi connectivity index (χ2v) is 7.69. The number of hydrogen-bond acceptors (Lipinski definition) is 5. The molecular weight excluding hydrogens is 430 g/mol. The molecule has 5 rings (SSSR count). The first-order valence-corrected chi connectivity index (χ1v) is 10.7. The molecule has 0 spiro atoms. The largest absolute Gasteiger partial charge is 0.496 e. The third kappa shape index (κ3) is 4.06. The molecule has 168 valence electrons. The number of aliphatic imine (C=N–C) groups is 1. The number of methoxy groups -OCH3 is 1. The third-order valence-electron chi connectivity index (χ3n) is 5.55. The number of nitrogens with zero attached hydrogens (tertiary/aromatic N) is 1. The molecule has 7 nitrogen and oxygen atoms in total. The Morgan fingerprint density at radius 3 is 2.56 bits per heavy atom. The summed E-state index contributed by atoms with van der Waals surface area (Å²) in [5.74, 6) is 0.234. The molecule has 7 heteroatoms. The number of H-pyrrole nitrogens is 1. The number of aromatic nitrogens is 1. The van der Waals surface area contributed by atoms with Gasteiger partial charge >= 0.3 is 0 Å². The van der Waals surface area contributed by atoms with Crippen LogP contribution in [0.2, 0.25) is 0 Å². The zero-order valence-corrected chi connectivity index (χ0v) is 18.4. The van der Waals surface area contributed by atoms with Gasteiger partial charge in [0.2, 0.25) is 0 Å². The molecule has 1 aromatic heterocycles. The standard InChI is InChI=1S/C27H21N3O4/c1-33-23-10-6-5-9-18(23)14-29-25-24(26(31)30-27(25)32)21-15-28-22-12-11-19(13-20(21)22)34-16-17-7-3-2-4-8-17/h2-15,28H,16H2,1H3,(H,30,31,32). The molecule has 4 aromatic rings. The molecule has 0 fully saturated rings. The first-order chi connectivity index (χ1) is 16.6. The van der Waals surface area contributed by atoms with E-state index in [1.54, 1.807) is 19.4 Å². The Hall–Kier alpha value is -4.65. The van der Waals surface area contributed by atoms with Gasteiger partial charge in [-0.3, -0.25) is 14.9 Å². The van der Waals surface area contributed by atoms with E-state index < -0.39 is 11.8 Å². The quantitative estimate of drug-likeness (QED) is 0.325. The number of fused-ring (bicyclic) bond motifs is 1. The minimum absolute atomic E-state index is 0.0485. The van der Waals surface area contributed by atoms with Crippen molar-refractivity contribution in [2.75, 3.05) is 7.11 Å². The molecule has 0 aliphatic carbocycles. The number of carbonyl (C=O) groups excluding carboxylic acids is 2. The number of benzene rings is 3. The second kappa shape index (κ2) is 9.07. The predicted molar refractivity (Wildman–Crippen MR) is 130 cm³/mol. The topological polar surface area (TPSA) is 92.8 Å². The van der Waals surface area contributed by atoms with Crippen LogP contribution in [0, 0.1) is 0 Å². The molecule has 0 saturated carbocycles. The fourth-order valence-electron chi connectivity index (χ4n) is 3.86. The second-order valence-electron chi connectivity index (χ2n) is 7.69. The van der Waals surface area contributed by atoms with Crippen molar-refractivity contribution >= 4 is 34.5 Å². The number of carbonyl (C=O) groups is 2. The Morgan fingerprint density at radius 2 is 1.74 bits per heavy atom. The van der Waals surface area contributed by atoms with Gasteiger partial charge in [-0.05, 0) is 35.9 Å². The van der Waals surface area contributed by atoms with Gasteiger partial charge in [-0.15, -0.1) is 0 Å². The summed E-state index contributed by atoms with van der Waals surface area (Å²) in [6.45, 7) is 0.419. The minimum atomic E-state index is -0.544. The molecule has 0 saturated heterocycles. The van der Waals surface area contributed by atoms with Gasteiger partial charge in [0.1, 0.15) is 23.8 Å². The Balaban J connectivity index is 1.52. The fourth-order valence-corrected chi connectivity index (χ4v) is 3.86. The van der Waals surface area contributed by atoms with Crippen molar-refractivity contribution in [3.05, 3.63) is 101 Å². The van der Waals surface area contributed by atoms with Crippen LogP contribution in [0.5, 0.6) is 11.5 Å². The summed E-state index contributed by atoms with van der Waals surface area (Å²) in [4.78, 5) is 32.8. The van der Waals surface area contributed by atoms with Crippen LogP contribution >= 0.6 is 0 Å². The normalized spacial score (nSPS) is 13.7. The molecule has 2 heterocycles. The summed E-state index contributed by atoms with van der Waals surface area (Å²) in [5, 5.41) is 3.11. The lowest BCUT2D eigenvalue weighted by Crippen LogP contribution is -2.22. The van der Waals surface area contributed by atoms with Crippen molar-refractivity contribution in [3.63, 3.8) is 0 Å². The van der Waals surface area contributed by atoms with Crippen LogP contribution in [0.3, 0.4) is 0 Å². The molecule has 0 atom stereocenters. The Labute approximate surface area is 195 Å². The minimum Gasteiger partial charge on any atom is -0.496 e. The van der Waals surface area contributed by atoms with Crippen LogP contribution in [-0.4, -0.2) is 30.1 Å². The smallest absolute Gasteiger partial charge is 0.277 e. The molecule has 0 bridgehead atoms. The lowest BCUT2D eigenvalue weighted by atomic mass is 10.0. The zero-order chi connectivity index (χ0) is 23.5. The van der Waals surface area contributed by atoms with Gasteiger partial charge < -0.3 is 14.5 Å². The molecule has 1 aliphatic rings. The third-order valence-corrected chi connectivity index (χ3v) is 5.55. The molecule has 0 radical (unpaired) electrons. The molecule has 2 amide bonds. The number of ether oxygens (including phenoxy) is 2. The van der Waals surface area contributed by atoms with Gasteiger partial charge in [0.05, 0.1) is 12.7 Å². The van der Waals surface area contributed by atoms with E-state index in [0.717, 1.165) is 16.5 Å². The SMILES string of the molecule is COc1ccccc1C=NC1=C(c2c[nH]c3ccc(OCc4ccccc4)cc23)C(=O)NC1=O. The number of imide groups is 1. The zero-order valence-electron chi connectivity index (χ0n) is 18.4. The summed E-state index contributed by atoms with van der Waals surface area (Å²) < 4.78 is 11.3. The van der Waals surface area contributed by atoms with E-state index in [4.69, 9.17) is 9.47 Å². The van der Waals surface area contributed by atoms with Crippen molar-refractivity contribution in [2.24, 2.45) is 4.99 Å². The van der Waals surface area contributed by atoms with E-state index in [1.807, 2.05) is 66.7 Å². The molecule has 2 N–H and O–H groups in total. The van der Waals surface area contributed by atoms with Gasteiger partial charge in [0, 0.05) is 34.4 Å². The fraction of sp³-hybridized carbons (Fsp3) is 0.0741. The van der Waals surface area contributed by atoms with Gasteiger partial charge in [-0.1, -0.05) is 42.5 Å². The Morgan fingerprint density at radius 1 is 0.941 bits per heavy atom. The Kier molecular flexibility index (Phi) is 5.66. The van der Waals surface area contributed by atoms with Crippen molar-refractivity contribution in [1.82, 2.24) is 10.3 Å². The maximum Gasteiger partial charge on any atom is 0.277 e. The highest BCUT2D eigenvalue weighted by molar-refractivity contribution is 6.37. The van der Waals surface area contributed by atoms with Gasteiger partial charge in [0.15, 0.2) is 0 Å². The van der Waals surface area contributed by atoms with Crippen molar-refractivity contribution in [1.29, 1.82) is 0 Å². The van der Waals surface area contributed by atoms with Crippen molar-refractivity contribution in [2.45, 2.75) is 6.61 Å². The molecule has 3 aromatic carbocycles. The number of hydrogen-bond donors (Lipinski definition) is 2. The summed E-state index contributed by atoms with van der Waals surface area (Å²) >= 11 is 0. The summed E-state index contributed by atoms with van der Waals surface area (Å²) in [6.07, 6.45) is 3.23. The monoisotopic (exact) mass is 451 g/mol. The average Bonchev–Trinajstić information content (AvgIpc) is 3.40. The van der Waals surface area contributed by atoms with Crippen molar-refractivity contribution in [3.8, 4) is 11.5 Å². The lowest BCUT2D eigenvalue weighted by molar-refractivity contribution is -0.123. The Bertz CT molecular complexity index is 1450. The van der Waals surface area contributed by atoms with Crippen LogP contribution < -0.4 is 14.8 Å². The molecular formula is C27H21N3O4. The number of nitrogens with one attached hydrogen (secondary N) is 2. The van der Waals surface area contributed by atoms with E-state index in [1.165, 1.54) is 6.21 Å². The highest BCUT2D eigenvalue weighted by atomic mass is 16.5. The number of amides is 2. The van der Waals surface area contributed by atoms with Crippen LogP contribution in [0.4, 0.5) is 0 Å². The molecule has 1 aliphatic heterocycles. The van der Waals surface area contributed by atoms with Crippen LogP contribution in [-0.2, 0) is 16.2 Å². The first kappa shape index (κ1) is 21.2. The molecule has 34 heavy (non-hydrogen) atoms. The number of rotatable bonds is 7. The highest BCUT2D eigenvalue weighted by Gasteiger charge is 2.32. The molecule has 0 unspecified atom stereocenters. The van der Waals surface area contributed by atoms with Gasteiger partial charge in [0.25, 0.3) is 11.8 Å². The maximum atomic E-state index is 12.7. The highest BCUT2D eigenvalue weighted by Crippen LogP contribution is 2.33. The van der Waals surface area contributed by atoms with Gasteiger partial charge in [-0.25, -0.2) is 4.99 Å². The summed E-state index contributed by atoms with van der Waals surface area (Å²) in [6, 6.07) is 22.8. The van der Waals surface area contributed by atoms with E-state index >= 15 is 0 Å². The number of aromatic amines is 1. The van der Waals surface area contributed by atoms with E-state index in [0.29, 0.717) is 29.2 Å². The van der Waals surface area contributed by atoms with Gasteiger partial charge in [-0.2, -0.15) is 0 Å². The van der Waals surface area contributed by atoms with Crippen LogP contribution in [0.25, 0.3) is 16.5 Å². The van der Waals surface area contributed by atoms with Crippen molar-refractivity contribution < 1.29 is 19.1 Å². The summed E-state index contributed by atoms with van der Waals surface area (Å²) in [7, 11) is 1.56. The summed E-state index contributed by atoms with van der Waals surface area (Å²) in [5.41, 5.74) is 3.40. The van der Waals surface area contributed by atoms with E-state index in [2.05, 4.69) is 15.3 Å². The van der Waals surface area contributed by atoms with E-state index in [-0.39, 0.29) is 11.3 Å². The lowest BCUT2D eigenvalue weighted by Gasteiger charge is -2.07. The van der Waals surface area contributed by atoms with Crippen LogP contribution in [0.1, 0.15) is 16.7 Å². The maximum absolute atomic E-state index is 12.7. The number of para-hydroxylation sites is 1. The first-order valence-electron chi connectivity index (χ1n) is 10.7. The van der Waals surface area contributed by atoms with E-state index in [9.17, 15) is 9.59 Å².